The summed E-state index contributed by atoms with van der Waals surface area (Å²) >= 11 is 5.99. The maximum atomic E-state index is 12.5. The van der Waals surface area contributed by atoms with Crippen molar-refractivity contribution in [3.8, 4) is 0 Å². The topological polar surface area (TPSA) is 86.4 Å². The summed E-state index contributed by atoms with van der Waals surface area (Å²) in [5.74, 6) is -1.10. The van der Waals surface area contributed by atoms with Crippen LogP contribution in [0, 0.1) is 20.8 Å². The summed E-state index contributed by atoms with van der Waals surface area (Å²) in [6.07, 6.45) is -1.01. The summed E-state index contributed by atoms with van der Waals surface area (Å²) in [4.78, 5) is 24.9. The van der Waals surface area contributed by atoms with Gasteiger partial charge in [-0.25, -0.2) is 4.79 Å². The maximum Gasteiger partial charge on any atom is 0.375 e. The molecule has 1 atom stereocenters. The van der Waals surface area contributed by atoms with Crippen LogP contribution < -0.4 is 5.32 Å². The molecule has 0 spiro atoms. The molecule has 3 rings (SSSR count). The largest absolute Gasteiger partial charge is 0.449 e. The second-order valence-electron chi connectivity index (χ2n) is 6.40. The Kier molecular flexibility index (Phi) is 4.97. The van der Waals surface area contributed by atoms with Crippen LogP contribution in [0.15, 0.2) is 22.6 Å². The molecule has 0 saturated carbocycles. The van der Waals surface area contributed by atoms with Gasteiger partial charge in [-0.05, 0) is 45.9 Å². The van der Waals surface area contributed by atoms with E-state index in [1.807, 2.05) is 6.92 Å². The number of ether oxygens (including phenoxy) is 1. The van der Waals surface area contributed by atoms with Crippen LogP contribution in [-0.2, 0) is 16.6 Å². The third-order valence-electron chi connectivity index (χ3n) is 4.49. The number of furan rings is 1. The Hall–Kier alpha value is -2.80. The predicted molar refractivity (Wildman–Crippen MR) is 102 cm³/mol. The quantitative estimate of drug-likeness (QED) is 0.683. The van der Waals surface area contributed by atoms with E-state index in [2.05, 4.69) is 10.4 Å². The fraction of sp³-hybridized carbons (Fsp3) is 0.316. The first-order chi connectivity index (χ1) is 12.7. The molecule has 0 aliphatic heterocycles. The minimum atomic E-state index is -1.01. The van der Waals surface area contributed by atoms with Crippen LogP contribution in [0.3, 0.4) is 0 Å². The SMILES string of the molecule is Cc1nn(C)c(C)c1NC(=O)[C@H](C)OC(=O)c1oc2ccc(Cl)cc2c1C. The number of fused-ring (bicyclic) bond motifs is 1. The van der Waals surface area contributed by atoms with Gasteiger partial charge in [-0.1, -0.05) is 11.6 Å². The van der Waals surface area contributed by atoms with Gasteiger partial charge in [0.15, 0.2) is 6.10 Å². The smallest absolute Gasteiger partial charge is 0.375 e. The molecule has 1 N–H and O–H groups in total. The van der Waals surface area contributed by atoms with Gasteiger partial charge in [0.05, 0.1) is 17.1 Å². The van der Waals surface area contributed by atoms with Crippen molar-refractivity contribution < 1.29 is 18.7 Å². The van der Waals surface area contributed by atoms with Crippen molar-refractivity contribution in [2.45, 2.75) is 33.8 Å². The number of nitrogens with one attached hydrogen (secondary N) is 1. The summed E-state index contributed by atoms with van der Waals surface area (Å²) in [6.45, 7) is 6.88. The molecule has 27 heavy (non-hydrogen) atoms. The van der Waals surface area contributed by atoms with Crippen molar-refractivity contribution >= 4 is 40.1 Å². The van der Waals surface area contributed by atoms with E-state index >= 15 is 0 Å². The molecular formula is C19H20ClN3O4. The number of esters is 1. The van der Waals surface area contributed by atoms with Crippen LogP contribution in [-0.4, -0.2) is 27.8 Å². The van der Waals surface area contributed by atoms with Gasteiger partial charge in [0.1, 0.15) is 5.58 Å². The highest BCUT2D eigenvalue weighted by molar-refractivity contribution is 6.31. The maximum absolute atomic E-state index is 12.5. The first-order valence-electron chi connectivity index (χ1n) is 8.39. The average molecular weight is 390 g/mol. The van der Waals surface area contributed by atoms with Gasteiger partial charge in [0, 0.05) is 23.0 Å². The van der Waals surface area contributed by atoms with Crippen molar-refractivity contribution in [3.63, 3.8) is 0 Å². The van der Waals surface area contributed by atoms with Crippen LogP contribution in [0.5, 0.6) is 0 Å². The lowest BCUT2D eigenvalue weighted by Gasteiger charge is -2.13. The molecular weight excluding hydrogens is 370 g/mol. The lowest BCUT2D eigenvalue weighted by atomic mass is 10.1. The normalized spacial score (nSPS) is 12.2. The van der Waals surface area contributed by atoms with Crippen molar-refractivity contribution in [1.29, 1.82) is 0 Å². The molecule has 1 aromatic carbocycles. The van der Waals surface area contributed by atoms with Crippen LogP contribution >= 0.6 is 11.6 Å². The molecule has 8 heteroatoms. The summed E-state index contributed by atoms with van der Waals surface area (Å²) in [7, 11) is 1.79. The Balaban J connectivity index is 1.75. The standard InChI is InChI=1S/C19H20ClN3O4/c1-9-14-8-13(20)6-7-15(14)27-17(9)19(25)26-12(4)18(24)21-16-10(2)22-23(5)11(16)3/h6-8,12H,1-5H3,(H,21,24)/t12-/m0/s1. The molecule has 0 radical (unpaired) electrons. The highest BCUT2D eigenvalue weighted by Gasteiger charge is 2.25. The monoisotopic (exact) mass is 389 g/mol. The number of hydrogen-bond donors (Lipinski definition) is 1. The number of rotatable bonds is 4. The Morgan fingerprint density at radius 3 is 2.63 bits per heavy atom. The number of halogens is 1. The molecule has 2 heterocycles. The third kappa shape index (κ3) is 3.55. The molecule has 142 valence electrons. The van der Waals surface area contributed by atoms with Crippen LogP contribution in [0.1, 0.15) is 34.4 Å². The number of anilines is 1. The van der Waals surface area contributed by atoms with E-state index in [-0.39, 0.29) is 5.76 Å². The molecule has 7 nitrogen and oxygen atoms in total. The van der Waals surface area contributed by atoms with E-state index in [1.165, 1.54) is 6.92 Å². The van der Waals surface area contributed by atoms with Gasteiger partial charge in [-0.2, -0.15) is 5.10 Å². The van der Waals surface area contributed by atoms with E-state index in [9.17, 15) is 9.59 Å². The van der Waals surface area contributed by atoms with E-state index in [0.717, 1.165) is 11.1 Å². The lowest BCUT2D eigenvalue weighted by Crippen LogP contribution is -2.30. The van der Waals surface area contributed by atoms with Gasteiger partial charge < -0.3 is 14.5 Å². The van der Waals surface area contributed by atoms with E-state index in [4.69, 9.17) is 20.8 Å². The minimum Gasteiger partial charge on any atom is -0.449 e. The molecule has 0 saturated heterocycles. The van der Waals surface area contributed by atoms with Gasteiger partial charge in [0.25, 0.3) is 5.91 Å². The molecule has 0 fully saturated rings. The van der Waals surface area contributed by atoms with E-state index < -0.39 is 18.0 Å². The van der Waals surface area contributed by atoms with Crippen molar-refractivity contribution in [2.75, 3.05) is 5.32 Å². The summed E-state index contributed by atoms with van der Waals surface area (Å²) in [5, 5.41) is 8.27. The predicted octanol–water partition coefficient (Wildman–Crippen LogP) is 3.93. The number of carbonyl (C=O) groups excluding carboxylic acids is 2. The molecule has 1 amide bonds. The van der Waals surface area contributed by atoms with E-state index in [0.29, 0.717) is 27.6 Å². The zero-order valence-electron chi connectivity index (χ0n) is 15.7. The van der Waals surface area contributed by atoms with Crippen molar-refractivity contribution in [1.82, 2.24) is 9.78 Å². The number of amides is 1. The van der Waals surface area contributed by atoms with E-state index in [1.54, 1.807) is 43.8 Å². The Bertz CT molecular complexity index is 1050. The highest BCUT2D eigenvalue weighted by atomic mass is 35.5. The van der Waals surface area contributed by atoms with Gasteiger partial charge >= 0.3 is 5.97 Å². The number of hydrogen-bond acceptors (Lipinski definition) is 5. The fourth-order valence-electron chi connectivity index (χ4n) is 2.83. The number of aromatic nitrogens is 2. The Labute approximate surface area is 161 Å². The lowest BCUT2D eigenvalue weighted by molar-refractivity contribution is -0.123. The molecule has 2 aromatic heterocycles. The average Bonchev–Trinajstić information content (AvgIpc) is 3.06. The second-order valence-corrected chi connectivity index (χ2v) is 6.84. The van der Waals surface area contributed by atoms with Gasteiger partial charge in [0.2, 0.25) is 5.76 Å². The summed E-state index contributed by atoms with van der Waals surface area (Å²) < 4.78 is 12.5. The van der Waals surface area contributed by atoms with Crippen molar-refractivity contribution in [2.24, 2.45) is 7.05 Å². The number of aryl methyl sites for hydroxylation is 3. The zero-order chi connectivity index (χ0) is 19.9. The molecule has 0 bridgehead atoms. The van der Waals surface area contributed by atoms with Crippen molar-refractivity contribution in [3.05, 3.63) is 45.9 Å². The van der Waals surface area contributed by atoms with Gasteiger partial charge in [-0.3, -0.25) is 9.48 Å². The third-order valence-corrected chi connectivity index (χ3v) is 4.73. The molecule has 0 aliphatic carbocycles. The molecule has 0 unspecified atom stereocenters. The number of carbonyl (C=O) groups is 2. The molecule has 0 aliphatic rings. The first-order valence-corrected chi connectivity index (χ1v) is 8.77. The minimum absolute atomic E-state index is 0.0562. The first kappa shape index (κ1) is 19.0. The summed E-state index contributed by atoms with van der Waals surface area (Å²) in [6, 6.07) is 5.08. The Morgan fingerprint density at radius 1 is 1.30 bits per heavy atom. The van der Waals surface area contributed by atoms with Crippen LogP contribution in [0.25, 0.3) is 11.0 Å². The summed E-state index contributed by atoms with van der Waals surface area (Å²) in [5.41, 5.74) is 3.25. The highest BCUT2D eigenvalue weighted by Crippen LogP contribution is 2.28. The fourth-order valence-corrected chi connectivity index (χ4v) is 3.01. The Morgan fingerprint density at radius 2 is 2.00 bits per heavy atom. The van der Waals surface area contributed by atoms with Crippen LogP contribution in [0.4, 0.5) is 5.69 Å². The zero-order valence-corrected chi connectivity index (χ0v) is 16.5. The number of nitrogens with zero attached hydrogens (tertiary/aromatic N) is 2. The molecule has 3 aromatic rings. The van der Waals surface area contributed by atoms with Gasteiger partial charge in [-0.15, -0.1) is 0 Å². The number of benzene rings is 1. The van der Waals surface area contributed by atoms with Crippen LogP contribution in [0.2, 0.25) is 5.02 Å². The second kappa shape index (κ2) is 7.08.